The van der Waals surface area contributed by atoms with Crippen LogP contribution >= 0.6 is 0 Å². The summed E-state index contributed by atoms with van der Waals surface area (Å²) in [5.74, 6) is -0.313. The largest absolute Gasteiger partial charge is 0.508 e. The smallest absolute Gasteiger partial charge is 0.397 e. The molecule has 1 amide bonds. The Bertz CT molecular complexity index is 1310. The molecule has 0 unspecified atom stereocenters. The zero-order chi connectivity index (χ0) is 30.8. The normalized spacial score (nSPS) is 11.4. The molecule has 226 valence electrons. The standard InChI is InChI=1S/C33H44N4O5/c1-8-41-33(40)32(39)34-27-16-23(2)31(24(3)17-27)42-29-14-15-30(38)26(18-29)20-37(19-25-12-10-9-11-13-25)28(21-35(4)5)22-36(6)7/h9-18,28,38H,8,19-22H2,1-7H3,(H,34,39). The van der Waals surface area contributed by atoms with Gasteiger partial charge in [-0.3, -0.25) is 9.69 Å². The molecule has 9 heteroatoms. The number of hydrogen-bond acceptors (Lipinski definition) is 8. The average Bonchev–Trinajstić information content (AvgIpc) is 2.92. The van der Waals surface area contributed by atoms with Crippen molar-refractivity contribution in [2.24, 2.45) is 0 Å². The van der Waals surface area contributed by atoms with Crippen LogP contribution in [0.4, 0.5) is 5.69 Å². The molecule has 0 saturated carbocycles. The van der Waals surface area contributed by atoms with Crippen molar-refractivity contribution in [3.8, 4) is 17.2 Å². The molecule has 3 aromatic carbocycles. The van der Waals surface area contributed by atoms with Crippen molar-refractivity contribution in [3.63, 3.8) is 0 Å². The number of carbonyl (C=O) groups is 2. The van der Waals surface area contributed by atoms with Gasteiger partial charge in [-0.05, 0) is 96.0 Å². The second kappa shape index (κ2) is 15.3. The van der Waals surface area contributed by atoms with Gasteiger partial charge in [-0.2, -0.15) is 0 Å². The minimum absolute atomic E-state index is 0.127. The first kappa shape index (κ1) is 32.6. The molecule has 2 N–H and O–H groups in total. The zero-order valence-corrected chi connectivity index (χ0v) is 25.8. The molecule has 0 spiro atoms. The number of amides is 1. The Morgan fingerprint density at radius 2 is 1.50 bits per heavy atom. The summed E-state index contributed by atoms with van der Waals surface area (Å²) in [6, 6.07) is 19.3. The topological polar surface area (TPSA) is 94.6 Å². The van der Waals surface area contributed by atoms with Crippen molar-refractivity contribution in [1.82, 2.24) is 14.7 Å². The highest BCUT2D eigenvalue weighted by atomic mass is 16.5. The summed E-state index contributed by atoms with van der Waals surface area (Å²) >= 11 is 0. The maximum atomic E-state index is 12.1. The maximum absolute atomic E-state index is 12.1. The van der Waals surface area contributed by atoms with Crippen LogP contribution in [0.15, 0.2) is 60.7 Å². The molecule has 0 heterocycles. The van der Waals surface area contributed by atoms with E-state index in [9.17, 15) is 14.7 Å². The monoisotopic (exact) mass is 576 g/mol. The average molecular weight is 577 g/mol. The molecule has 0 bridgehead atoms. The number of nitrogens with one attached hydrogen (secondary N) is 1. The van der Waals surface area contributed by atoms with Crippen LogP contribution in [0.1, 0.15) is 29.2 Å². The first-order valence-corrected chi connectivity index (χ1v) is 14.1. The highest BCUT2D eigenvalue weighted by Crippen LogP contribution is 2.34. The summed E-state index contributed by atoms with van der Waals surface area (Å²) in [6.45, 7) is 8.50. The summed E-state index contributed by atoms with van der Waals surface area (Å²) in [6.07, 6.45) is 0. The molecule has 3 rings (SSSR count). The van der Waals surface area contributed by atoms with E-state index in [4.69, 9.17) is 9.47 Å². The quantitative estimate of drug-likeness (QED) is 0.222. The number of ether oxygens (including phenoxy) is 2. The van der Waals surface area contributed by atoms with Gasteiger partial charge >= 0.3 is 11.9 Å². The van der Waals surface area contributed by atoms with Gasteiger partial charge in [0.25, 0.3) is 0 Å². The van der Waals surface area contributed by atoms with Crippen LogP contribution in [0, 0.1) is 13.8 Å². The number of likely N-dealkylation sites (N-methyl/N-ethyl adjacent to an activating group) is 2. The molecular formula is C33H44N4O5. The van der Waals surface area contributed by atoms with Gasteiger partial charge in [-0.1, -0.05) is 30.3 Å². The van der Waals surface area contributed by atoms with E-state index in [1.807, 2.05) is 38.1 Å². The number of aryl methyl sites for hydroxylation is 2. The molecule has 0 fully saturated rings. The maximum Gasteiger partial charge on any atom is 0.397 e. The molecule has 0 radical (unpaired) electrons. The van der Waals surface area contributed by atoms with Gasteiger partial charge in [0.1, 0.15) is 17.2 Å². The van der Waals surface area contributed by atoms with Crippen molar-refractivity contribution in [2.75, 3.05) is 53.2 Å². The fourth-order valence-electron chi connectivity index (χ4n) is 4.91. The van der Waals surface area contributed by atoms with Gasteiger partial charge in [-0.25, -0.2) is 4.79 Å². The number of benzene rings is 3. The molecule has 0 aromatic heterocycles. The third-order valence-corrected chi connectivity index (χ3v) is 6.72. The number of phenolic OH excluding ortho intramolecular Hbond substituents is 1. The summed E-state index contributed by atoms with van der Waals surface area (Å²) in [4.78, 5) is 30.6. The lowest BCUT2D eigenvalue weighted by Gasteiger charge is -2.35. The molecule has 0 atom stereocenters. The van der Waals surface area contributed by atoms with E-state index in [1.54, 1.807) is 31.2 Å². The van der Waals surface area contributed by atoms with Crippen molar-refractivity contribution < 1.29 is 24.2 Å². The highest BCUT2D eigenvalue weighted by Gasteiger charge is 2.23. The van der Waals surface area contributed by atoms with Crippen LogP contribution in [-0.2, 0) is 27.4 Å². The molecular weight excluding hydrogens is 532 g/mol. The number of rotatable bonds is 13. The predicted molar refractivity (Wildman–Crippen MR) is 166 cm³/mol. The molecule has 0 aliphatic rings. The van der Waals surface area contributed by atoms with Gasteiger partial charge in [0.2, 0.25) is 0 Å². The summed E-state index contributed by atoms with van der Waals surface area (Å²) in [7, 11) is 8.31. The zero-order valence-electron chi connectivity index (χ0n) is 25.8. The minimum Gasteiger partial charge on any atom is -0.508 e. The van der Waals surface area contributed by atoms with E-state index in [-0.39, 0.29) is 18.4 Å². The Hall–Kier alpha value is -3.92. The Labute approximate surface area is 249 Å². The second-order valence-electron chi connectivity index (χ2n) is 11.1. The molecule has 0 aliphatic heterocycles. The number of esters is 1. The number of nitrogens with zero attached hydrogens (tertiary/aromatic N) is 3. The van der Waals surface area contributed by atoms with Gasteiger partial charge in [-0.15, -0.1) is 0 Å². The lowest BCUT2D eigenvalue weighted by Crippen LogP contribution is -2.47. The predicted octanol–water partition coefficient (Wildman–Crippen LogP) is 4.80. The summed E-state index contributed by atoms with van der Waals surface area (Å²) in [5, 5.41) is 13.5. The van der Waals surface area contributed by atoms with E-state index in [2.05, 4.69) is 60.3 Å². The SMILES string of the molecule is CCOC(=O)C(=O)Nc1cc(C)c(Oc2ccc(O)c(CN(Cc3ccccc3)C(CN(C)C)CN(C)C)c2)c(C)c1. The molecule has 3 aromatic rings. The highest BCUT2D eigenvalue weighted by molar-refractivity contribution is 6.37. The number of aromatic hydroxyl groups is 1. The van der Waals surface area contributed by atoms with Crippen LogP contribution in [-0.4, -0.2) is 85.6 Å². The van der Waals surface area contributed by atoms with E-state index < -0.39 is 11.9 Å². The van der Waals surface area contributed by atoms with Crippen LogP contribution in [0.25, 0.3) is 0 Å². The fraction of sp³-hybridized carbons (Fsp3) is 0.394. The van der Waals surface area contributed by atoms with E-state index in [1.165, 1.54) is 5.56 Å². The molecule has 9 nitrogen and oxygen atoms in total. The van der Waals surface area contributed by atoms with E-state index >= 15 is 0 Å². The Morgan fingerprint density at radius 1 is 0.881 bits per heavy atom. The number of carbonyl (C=O) groups excluding carboxylic acids is 2. The number of anilines is 1. The minimum atomic E-state index is -0.926. The fourth-order valence-corrected chi connectivity index (χ4v) is 4.91. The van der Waals surface area contributed by atoms with Crippen LogP contribution in [0.5, 0.6) is 17.2 Å². The lowest BCUT2D eigenvalue weighted by molar-refractivity contribution is -0.152. The van der Waals surface area contributed by atoms with Crippen molar-refractivity contribution >= 4 is 17.6 Å². The van der Waals surface area contributed by atoms with Crippen molar-refractivity contribution in [1.29, 1.82) is 0 Å². The third kappa shape index (κ3) is 9.58. The van der Waals surface area contributed by atoms with Gasteiger partial charge < -0.3 is 29.7 Å². The summed E-state index contributed by atoms with van der Waals surface area (Å²) in [5.41, 5.74) is 4.01. The van der Waals surface area contributed by atoms with E-state index in [0.717, 1.165) is 36.3 Å². The Morgan fingerprint density at radius 3 is 2.07 bits per heavy atom. The van der Waals surface area contributed by atoms with Crippen LogP contribution < -0.4 is 10.1 Å². The van der Waals surface area contributed by atoms with Crippen molar-refractivity contribution in [2.45, 2.75) is 39.9 Å². The summed E-state index contributed by atoms with van der Waals surface area (Å²) < 4.78 is 11.1. The third-order valence-electron chi connectivity index (χ3n) is 6.72. The first-order chi connectivity index (χ1) is 20.0. The second-order valence-corrected chi connectivity index (χ2v) is 11.1. The molecule has 42 heavy (non-hydrogen) atoms. The van der Waals surface area contributed by atoms with Crippen LogP contribution in [0.3, 0.4) is 0 Å². The van der Waals surface area contributed by atoms with Crippen molar-refractivity contribution in [3.05, 3.63) is 82.9 Å². The lowest BCUT2D eigenvalue weighted by atomic mass is 10.1. The number of hydrogen-bond donors (Lipinski definition) is 2. The Balaban J connectivity index is 1.87. The van der Waals surface area contributed by atoms with Gasteiger partial charge in [0.15, 0.2) is 0 Å². The van der Waals surface area contributed by atoms with E-state index in [0.29, 0.717) is 23.7 Å². The van der Waals surface area contributed by atoms with Crippen LogP contribution in [0.2, 0.25) is 0 Å². The number of phenols is 1. The first-order valence-electron chi connectivity index (χ1n) is 14.1. The Kier molecular flexibility index (Phi) is 11.9. The molecule has 0 saturated heterocycles. The molecule has 0 aliphatic carbocycles. The van der Waals surface area contributed by atoms with Gasteiger partial charge in [0.05, 0.1) is 6.61 Å². The van der Waals surface area contributed by atoms with Gasteiger partial charge in [0, 0.05) is 43.5 Å².